The molecule has 1 rings (SSSR count). The van der Waals surface area contributed by atoms with Gasteiger partial charge < -0.3 is 10.6 Å². The highest BCUT2D eigenvalue weighted by Gasteiger charge is 2.23. The summed E-state index contributed by atoms with van der Waals surface area (Å²) in [5.74, 6) is 0. The lowest BCUT2D eigenvalue weighted by Gasteiger charge is -2.32. The Balaban J connectivity index is 2.57. The summed E-state index contributed by atoms with van der Waals surface area (Å²) >= 11 is 0. The summed E-state index contributed by atoms with van der Waals surface area (Å²) in [6, 6.07) is 8.73. The molecule has 0 aromatic heterocycles. The van der Waals surface area contributed by atoms with E-state index >= 15 is 0 Å². The van der Waals surface area contributed by atoms with Gasteiger partial charge in [0, 0.05) is 13.1 Å². The minimum absolute atomic E-state index is 0.243. The molecule has 0 heterocycles. The van der Waals surface area contributed by atoms with Crippen molar-refractivity contribution >= 4 is 0 Å². The van der Waals surface area contributed by atoms with Gasteiger partial charge in [-0.1, -0.05) is 50.1 Å². The van der Waals surface area contributed by atoms with Crippen LogP contribution in [0.25, 0.3) is 0 Å². The Morgan fingerprint density at radius 3 is 2.61 bits per heavy atom. The van der Waals surface area contributed by atoms with Crippen LogP contribution in [0.2, 0.25) is 0 Å². The maximum absolute atomic E-state index is 5.93. The standard InChI is InChI=1S/C16H28N2/c1-5-9-16(3,12-17)13-18(4)11-15-8-6-7-14(2)10-15/h6-8,10H,5,9,11-13,17H2,1-4H3. The maximum Gasteiger partial charge on any atom is 0.0231 e. The number of hydrogen-bond donors (Lipinski definition) is 1. The number of aryl methyl sites for hydroxylation is 1. The van der Waals surface area contributed by atoms with Crippen LogP contribution in [-0.2, 0) is 6.54 Å². The highest BCUT2D eigenvalue weighted by Crippen LogP contribution is 2.23. The van der Waals surface area contributed by atoms with Crippen molar-refractivity contribution in [3.05, 3.63) is 35.4 Å². The van der Waals surface area contributed by atoms with Crippen molar-refractivity contribution in [2.24, 2.45) is 11.1 Å². The molecule has 0 aliphatic rings. The summed E-state index contributed by atoms with van der Waals surface area (Å²) in [5, 5.41) is 0. The lowest BCUT2D eigenvalue weighted by molar-refractivity contribution is 0.179. The zero-order valence-corrected chi connectivity index (χ0v) is 12.4. The molecule has 0 aliphatic heterocycles. The van der Waals surface area contributed by atoms with Gasteiger partial charge in [-0.2, -0.15) is 0 Å². The van der Waals surface area contributed by atoms with E-state index in [4.69, 9.17) is 5.73 Å². The second kappa shape index (κ2) is 6.91. The predicted octanol–water partition coefficient (Wildman–Crippen LogP) is 3.19. The number of hydrogen-bond acceptors (Lipinski definition) is 2. The van der Waals surface area contributed by atoms with Crippen molar-refractivity contribution < 1.29 is 0 Å². The van der Waals surface area contributed by atoms with Crippen molar-refractivity contribution in [3.63, 3.8) is 0 Å². The number of rotatable bonds is 7. The minimum Gasteiger partial charge on any atom is -0.330 e. The lowest BCUT2D eigenvalue weighted by atomic mass is 9.85. The minimum atomic E-state index is 0.243. The molecule has 2 nitrogen and oxygen atoms in total. The van der Waals surface area contributed by atoms with Gasteiger partial charge in [0.05, 0.1) is 0 Å². The van der Waals surface area contributed by atoms with Gasteiger partial charge in [-0.05, 0) is 37.9 Å². The van der Waals surface area contributed by atoms with Crippen LogP contribution >= 0.6 is 0 Å². The molecule has 2 heteroatoms. The quantitative estimate of drug-likeness (QED) is 0.803. The molecule has 0 saturated carbocycles. The van der Waals surface area contributed by atoms with E-state index in [0.717, 1.165) is 19.6 Å². The van der Waals surface area contributed by atoms with E-state index < -0.39 is 0 Å². The van der Waals surface area contributed by atoms with Crippen molar-refractivity contribution in [2.45, 2.75) is 40.2 Å². The van der Waals surface area contributed by atoms with Crippen LogP contribution < -0.4 is 5.73 Å². The van der Waals surface area contributed by atoms with Crippen molar-refractivity contribution in [1.82, 2.24) is 4.90 Å². The van der Waals surface area contributed by atoms with Gasteiger partial charge in [-0.25, -0.2) is 0 Å². The Hall–Kier alpha value is -0.860. The Morgan fingerprint density at radius 2 is 2.06 bits per heavy atom. The molecule has 0 aliphatic carbocycles. The summed E-state index contributed by atoms with van der Waals surface area (Å²) in [4.78, 5) is 2.39. The van der Waals surface area contributed by atoms with Crippen molar-refractivity contribution in [2.75, 3.05) is 20.1 Å². The van der Waals surface area contributed by atoms with Gasteiger partial charge in [0.15, 0.2) is 0 Å². The van der Waals surface area contributed by atoms with Gasteiger partial charge in [0.25, 0.3) is 0 Å². The predicted molar refractivity (Wildman–Crippen MR) is 79.6 cm³/mol. The molecule has 0 radical (unpaired) electrons. The van der Waals surface area contributed by atoms with Crippen molar-refractivity contribution in [3.8, 4) is 0 Å². The largest absolute Gasteiger partial charge is 0.330 e. The Kier molecular flexibility index (Phi) is 5.83. The van der Waals surface area contributed by atoms with E-state index in [-0.39, 0.29) is 5.41 Å². The lowest BCUT2D eigenvalue weighted by Crippen LogP contribution is -2.38. The highest BCUT2D eigenvalue weighted by molar-refractivity contribution is 5.22. The zero-order valence-electron chi connectivity index (χ0n) is 12.4. The molecule has 0 bridgehead atoms. The first kappa shape index (κ1) is 15.2. The van der Waals surface area contributed by atoms with Crippen LogP contribution in [0.5, 0.6) is 0 Å². The average Bonchev–Trinajstić information content (AvgIpc) is 2.29. The van der Waals surface area contributed by atoms with E-state index in [9.17, 15) is 0 Å². The van der Waals surface area contributed by atoms with E-state index in [1.807, 2.05) is 0 Å². The SMILES string of the molecule is CCCC(C)(CN)CN(C)Cc1cccc(C)c1. The molecule has 1 aromatic carbocycles. The maximum atomic E-state index is 5.93. The summed E-state index contributed by atoms with van der Waals surface area (Å²) < 4.78 is 0. The second-order valence-electron chi connectivity index (χ2n) is 5.93. The molecule has 18 heavy (non-hydrogen) atoms. The fourth-order valence-corrected chi connectivity index (χ4v) is 2.68. The van der Waals surface area contributed by atoms with Crippen LogP contribution in [0.15, 0.2) is 24.3 Å². The molecule has 2 N–H and O–H groups in total. The second-order valence-corrected chi connectivity index (χ2v) is 5.93. The third-order valence-corrected chi connectivity index (χ3v) is 3.53. The smallest absolute Gasteiger partial charge is 0.0231 e. The topological polar surface area (TPSA) is 29.3 Å². The molecule has 0 amide bonds. The van der Waals surface area contributed by atoms with Crippen molar-refractivity contribution in [1.29, 1.82) is 0 Å². The van der Waals surface area contributed by atoms with Crippen LogP contribution in [-0.4, -0.2) is 25.0 Å². The molecule has 1 unspecified atom stereocenters. The number of nitrogens with two attached hydrogens (primary N) is 1. The monoisotopic (exact) mass is 248 g/mol. The first-order valence-corrected chi connectivity index (χ1v) is 6.93. The Bertz CT molecular complexity index is 362. The van der Waals surface area contributed by atoms with Crippen LogP contribution in [0.1, 0.15) is 37.8 Å². The highest BCUT2D eigenvalue weighted by atomic mass is 15.1. The molecular weight excluding hydrogens is 220 g/mol. The normalized spacial score (nSPS) is 14.8. The van der Waals surface area contributed by atoms with Gasteiger partial charge in [0.2, 0.25) is 0 Å². The summed E-state index contributed by atoms with van der Waals surface area (Å²) in [6.45, 7) is 9.49. The van der Waals surface area contributed by atoms with Gasteiger partial charge in [0.1, 0.15) is 0 Å². The molecule has 102 valence electrons. The molecular formula is C16H28N2. The Morgan fingerprint density at radius 1 is 1.33 bits per heavy atom. The van der Waals surface area contributed by atoms with Gasteiger partial charge in [-0.15, -0.1) is 0 Å². The van der Waals surface area contributed by atoms with E-state index in [2.05, 4.69) is 57.0 Å². The Labute approximate surface area is 112 Å². The fraction of sp³-hybridized carbons (Fsp3) is 0.625. The van der Waals surface area contributed by atoms with E-state index in [1.54, 1.807) is 0 Å². The van der Waals surface area contributed by atoms with E-state index in [0.29, 0.717) is 0 Å². The summed E-state index contributed by atoms with van der Waals surface area (Å²) in [6.07, 6.45) is 2.40. The fourth-order valence-electron chi connectivity index (χ4n) is 2.68. The third kappa shape index (κ3) is 4.79. The first-order chi connectivity index (χ1) is 8.49. The van der Waals surface area contributed by atoms with Crippen LogP contribution in [0, 0.1) is 12.3 Å². The third-order valence-electron chi connectivity index (χ3n) is 3.53. The van der Waals surface area contributed by atoms with Crippen LogP contribution in [0.3, 0.4) is 0 Å². The van der Waals surface area contributed by atoms with Gasteiger partial charge in [-0.3, -0.25) is 0 Å². The van der Waals surface area contributed by atoms with Crippen LogP contribution in [0.4, 0.5) is 0 Å². The average molecular weight is 248 g/mol. The van der Waals surface area contributed by atoms with Gasteiger partial charge >= 0.3 is 0 Å². The summed E-state index contributed by atoms with van der Waals surface area (Å²) in [7, 11) is 2.19. The van der Waals surface area contributed by atoms with E-state index in [1.165, 1.54) is 24.0 Å². The first-order valence-electron chi connectivity index (χ1n) is 6.93. The molecule has 1 atom stereocenters. The molecule has 0 spiro atoms. The number of benzene rings is 1. The molecule has 0 saturated heterocycles. The molecule has 0 fully saturated rings. The number of nitrogens with zero attached hydrogens (tertiary/aromatic N) is 1. The zero-order chi connectivity index (χ0) is 13.6. The summed E-state index contributed by atoms with van der Waals surface area (Å²) in [5.41, 5.74) is 8.89. The molecule has 1 aromatic rings.